The summed E-state index contributed by atoms with van der Waals surface area (Å²) in [6.07, 6.45) is 2.40. The highest BCUT2D eigenvalue weighted by Crippen LogP contribution is 2.24. The SMILES string of the molecule is CN(C)NS(=O)(=O)c1ccsc1CNC1CC1. The van der Waals surface area contributed by atoms with Crippen molar-refractivity contribution in [3.63, 3.8) is 0 Å². The van der Waals surface area contributed by atoms with Crippen LogP contribution in [0.4, 0.5) is 0 Å². The van der Waals surface area contributed by atoms with Crippen LogP contribution in [0.2, 0.25) is 0 Å². The lowest BCUT2D eigenvalue weighted by Gasteiger charge is -2.13. The van der Waals surface area contributed by atoms with Crippen molar-refractivity contribution < 1.29 is 8.42 Å². The zero-order chi connectivity index (χ0) is 12.5. The van der Waals surface area contributed by atoms with Crippen molar-refractivity contribution >= 4 is 21.4 Å². The predicted molar refractivity (Wildman–Crippen MR) is 68.2 cm³/mol. The van der Waals surface area contributed by atoms with Gasteiger partial charge in [-0.2, -0.15) is 0 Å². The van der Waals surface area contributed by atoms with Crippen LogP contribution in [0.3, 0.4) is 0 Å². The molecule has 0 aromatic carbocycles. The summed E-state index contributed by atoms with van der Waals surface area (Å²) in [4.78, 5) is 3.70. The number of hydrogen-bond donors (Lipinski definition) is 2. The Hall–Kier alpha value is -0.470. The minimum absolute atomic E-state index is 0.379. The fourth-order valence-electron chi connectivity index (χ4n) is 1.51. The third-order valence-electron chi connectivity index (χ3n) is 2.43. The van der Waals surface area contributed by atoms with Gasteiger partial charge >= 0.3 is 0 Å². The maximum absolute atomic E-state index is 12.0. The van der Waals surface area contributed by atoms with Crippen LogP contribution >= 0.6 is 11.3 Å². The molecule has 2 N–H and O–H groups in total. The molecule has 0 radical (unpaired) electrons. The smallest absolute Gasteiger partial charge is 0.254 e. The fraction of sp³-hybridized carbons (Fsp3) is 0.600. The summed E-state index contributed by atoms with van der Waals surface area (Å²) in [5, 5.41) is 6.58. The lowest BCUT2D eigenvalue weighted by atomic mass is 10.4. The number of nitrogens with zero attached hydrogens (tertiary/aromatic N) is 1. The van der Waals surface area contributed by atoms with E-state index in [0.717, 1.165) is 4.88 Å². The maximum atomic E-state index is 12.0. The number of thiophene rings is 1. The summed E-state index contributed by atoms with van der Waals surface area (Å²) < 4.78 is 24.0. The van der Waals surface area contributed by atoms with Crippen molar-refractivity contribution in [2.24, 2.45) is 0 Å². The molecule has 1 aromatic rings. The Morgan fingerprint density at radius 1 is 1.47 bits per heavy atom. The summed E-state index contributed by atoms with van der Waals surface area (Å²) in [6, 6.07) is 2.23. The largest absolute Gasteiger partial charge is 0.309 e. The van der Waals surface area contributed by atoms with E-state index in [0.29, 0.717) is 17.5 Å². The van der Waals surface area contributed by atoms with Crippen LogP contribution in [0.1, 0.15) is 17.7 Å². The molecule has 1 aromatic heterocycles. The molecule has 0 saturated heterocycles. The molecular weight excluding hydrogens is 258 g/mol. The Kier molecular flexibility index (Phi) is 3.84. The van der Waals surface area contributed by atoms with Gasteiger partial charge in [0.15, 0.2) is 0 Å². The molecule has 17 heavy (non-hydrogen) atoms. The van der Waals surface area contributed by atoms with Gasteiger partial charge in [-0.1, -0.05) is 0 Å². The standard InChI is InChI=1S/C10H17N3O2S2/c1-13(2)12-17(14,15)10-5-6-16-9(10)7-11-8-3-4-8/h5-6,8,11-12H,3-4,7H2,1-2H3. The number of sulfonamides is 1. The van der Waals surface area contributed by atoms with E-state index in [9.17, 15) is 8.42 Å². The molecule has 0 bridgehead atoms. The van der Waals surface area contributed by atoms with Gasteiger partial charge in [0.2, 0.25) is 0 Å². The minimum Gasteiger partial charge on any atom is -0.309 e. The van der Waals surface area contributed by atoms with Crippen LogP contribution < -0.4 is 10.1 Å². The van der Waals surface area contributed by atoms with Gasteiger partial charge in [-0.05, 0) is 24.3 Å². The number of nitrogens with one attached hydrogen (secondary N) is 2. The monoisotopic (exact) mass is 275 g/mol. The average Bonchev–Trinajstić information content (AvgIpc) is 2.90. The molecule has 0 spiro atoms. The second-order valence-electron chi connectivity index (χ2n) is 4.35. The van der Waals surface area contributed by atoms with Crippen LogP contribution in [-0.2, 0) is 16.6 Å². The molecule has 0 unspecified atom stereocenters. The van der Waals surface area contributed by atoms with E-state index >= 15 is 0 Å². The lowest BCUT2D eigenvalue weighted by molar-refractivity contribution is 0.364. The third kappa shape index (κ3) is 3.49. The zero-order valence-corrected chi connectivity index (χ0v) is 11.6. The molecule has 1 saturated carbocycles. The van der Waals surface area contributed by atoms with Crippen molar-refractivity contribution in [2.45, 2.75) is 30.3 Å². The maximum Gasteiger partial charge on any atom is 0.254 e. The van der Waals surface area contributed by atoms with Gasteiger partial charge in [0.25, 0.3) is 10.0 Å². The third-order valence-corrected chi connectivity index (χ3v) is 5.04. The molecule has 7 heteroatoms. The van der Waals surface area contributed by atoms with E-state index in [1.54, 1.807) is 20.2 Å². The summed E-state index contributed by atoms with van der Waals surface area (Å²) in [6.45, 7) is 0.631. The molecule has 0 aliphatic heterocycles. The molecule has 5 nitrogen and oxygen atoms in total. The van der Waals surface area contributed by atoms with E-state index in [1.807, 2.05) is 5.38 Å². The van der Waals surface area contributed by atoms with Crippen LogP contribution in [0.5, 0.6) is 0 Å². The van der Waals surface area contributed by atoms with Crippen molar-refractivity contribution in [3.8, 4) is 0 Å². The highest BCUT2D eigenvalue weighted by molar-refractivity contribution is 7.89. The molecule has 1 fully saturated rings. The normalized spacial score (nSPS) is 16.6. The first kappa shape index (κ1) is 13.0. The van der Waals surface area contributed by atoms with Crippen molar-refractivity contribution in [2.75, 3.05) is 14.1 Å². The van der Waals surface area contributed by atoms with Crippen LogP contribution in [-0.4, -0.2) is 33.6 Å². The summed E-state index contributed by atoms with van der Waals surface area (Å²) in [7, 11) is -0.110. The molecule has 1 heterocycles. The Morgan fingerprint density at radius 2 is 2.18 bits per heavy atom. The Bertz CT molecular complexity index is 477. The number of rotatable bonds is 6. The van der Waals surface area contributed by atoms with E-state index in [4.69, 9.17) is 0 Å². The molecule has 96 valence electrons. The second kappa shape index (κ2) is 5.03. The topological polar surface area (TPSA) is 61.4 Å². The Labute approximate surface area is 106 Å². The van der Waals surface area contributed by atoms with E-state index in [2.05, 4.69) is 10.1 Å². The van der Waals surface area contributed by atoms with Crippen LogP contribution in [0.25, 0.3) is 0 Å². The average molecular weight is 275 g/mol. The van der Waals surface area contributed by atoms with E-state index in [1.165, 1.54) is 29.2 Å². The number of hydrazine groups is 1. The Balaban J connectivity index is 2.11. The second-order valence-corrected chi connectivity index (χ2v) is 6.98. The Morgan fingerprint density at radius 3 is 2.76 bits per heavy atom. The van der Waals surface area contributed by atoms with Gasteiger partial charge in [0.1, 0.15) is 0 Å². The molecule has 1 aliphatic rings. The molecule has 0 amide bonds. The summed E-state index contributed by atoms with van der Waals surface area (Å²) in [5.41, 5.74) is 0. The van der Waals surface area contributed by atoms with Gasteiger partial charge in [-0.25, -0.2) is 13.4 Å². The van der Waals surface area contributed by atoms with Gasteiger partial charge in [-0.15, -0.1) is 16.2 Å². The number of hydrogen-bond acceptors (Lipinski definition) is 5. The fourth-order valence-corrected chi connectivity index (χ4v) is 3.99. The van der Waals surface area contributed by atoms with Crippen molar-refractivity contribution in [1.82, 2.24) is 15.2 Å². The van der Waals surface area contributed by atoms with E-state index in [-0.39, 0.29) is 0 Å². The highest BCUT2D eigenvalue weighted by Gasteiger charge is 2.24. The summed E-state index contributed by atoms with van der Waals surface area (Å²) in [5.74, 6) is 0. The lowest BCUT2D eigenvalue weighted by Crippen LogP contribution is -2.36. The predicted octanol–water partition coefficient (Wildman–Crippen LogP) is 0.755. The van der Waals surface area contributed by atoms with Gasteiger partial charge in [0, 0.05) is 31.6 Å². The first-order valence-corrected chi connectivity index (χ1v) is 7.85. The molecule has 0 atom stereocenters. The van der Waals surface area contributed by atoms with Crippen LogP contribution in [0.15, 0.2) is 16.3 Å². The van der Waals surface area contributed by atoms with Crippen molar-refractivity contribution in [3.05, 3.63) is 16.3 Å². The van der Waals surface area contributed by atoms with Gasteiger partial charge < -0.3 is 5.32 Å². The van der Waals surface area contributed by atoms with Crippen LogP contribution in [0, 0.1) is 0 Å². The van der Waals surface area contributed by atoms with Gasteiger partial charge in [-0.3, -0.25) is 0 Å². The first-order chi connectivity index (χ1) is 7.99. The quantitative estimate of drug-likeness (QED) is 0.752. The first-order valence-electron chi connectivity index (χ1n) is 5.48. The van der Waals surface area contributed by atoms with E-state index < -0.39 is 10.0 Å². The summed E-state index contributed by atoms with van der Waals surface area (Å²) >= 11 is 1.47. The molecule has 2 rings (SSSR count). The zero-order valence-electron chi connectivity index (χ0n) is 9.93. The highest BCUT2D eigenvalue weighted by atomic mass is 32.2. The minimum atomic E-state index is -3.43. The van der Waals surface area contributed by atoms with Gasteiger partial charge in [0.05, 0.1) is 4.90 Å². The van der Waals surface area contributed by atoms with Crippen molar-refractivity contribution in [1.29, 1.82) is 0 Å². The molecular formula is C10H17N3O2S2. The molecule has 1 aliphatic carbocycles.